The second kappa shape index (κ2) is 11.8. The predicted octanol–water partition coefficient (Wildman–Crippen LogP) is 3.20. The van der Waals surface area contributed by atoms with E-state index in [9.17, 15) is 23.1 Å². The van der Waals surface area contributed by atoms with E-state index in [-0.39, 0.29) is 18.0 Å². The molecule has 0 saturated carbocycles. The van der Waals surface area contributed by atoms with Crippen LogP contribution in [0, 0.1) is 0 Å². The Morgan fingerprint density at radius 3 is 2.44 bits per heavy atom. The van der Waals surface area contributed by atoms with Gasteiger partial charge in [-0.05, 0) is 42.5 Å². The third-order valence-corrected chi connectivity index (χ3v) is 7.43. The van der Waals surface area contributed by atoms with E-state index in [1.54, 1.807) is 4.90 Å². The molecule has 0 radical (unpaired) electrons. The fraction of sp³-hybridized carbons (Fsp3) is 0.464. The molecule has 5 rings (SSSR count). The molecule has 208 valence electrons. The molecule has 2 N–H and O–H groups in total. The van der Waals surface area contributed by atoms with Gasteiger partial charge in [-0.25, -0.2) is 9.67 Å². The summed E-state index contributed by atoms with van der Waals surface area (Å²) in [6.45, 7) is 1.44. The van der Waals surface area contributed by atoms with Crippen molar-refractivity contribution in [1.29, 1.82) is 0 Å². The number of aliphatic hydroxyl groups is 1. The summed E-state index contributed by atoms with van der Waals surface area (Å²) in [5, 5.41) is 18.2. The SMILES string of the molecule is O=C(c1ccc(CC2CCC(C(O)c3ccccc3)N2)cc1)N1CCN(Cc2ncn(CC(F)(F)F)n2)CC1. The van der Waals surface area contributed by atoms with Crippen molar-refractivity contribution in [3.63, 3.8) is 0 Å². The van der Waals surface area contributed by atoms with E-state index in [1.807, 2.05) is 59.5 Å². The molecule has 2 aliphatic rings. The highest BCUT2D eigenvalue weighted by Crippen LogP contribution is 2.27. The number of benzene rings is 2. The minimum Gasteiger partial charge on any atom is -0.387 e. The van der Waals surface area contributed by atoms with Gasteiger partial charge in [0.05, 0.1) is 12.6 Å². The number of alkyl halides is 3. The van der Waals surface area contributed by atoms with Gasteiger partial charge < -0.3 is 15.3 Å². The van der Waals surface area contributed by atoms with Gasteiger partial charge in [0.15, 0.2) is 5.82 Å². The number of carbonyl (C=O) groups excluding carboxylic acids is 1. The fourth-order valence-corrected chi connectivity index (χ4v) is 5.37. The fourth-order valence-electron chi connectivity index (χ4n) is 5.37. The Labute approximate surface area is 225 Å². The molecule has 0 spiro atoms. The van der Waals surface area contributed by atoms with Gasteiger partial charge in [-0.15, -0.1) is 0 Å². The second-order valence-corrected chi connectivity index (χ2v) is 10.3. The maximum atomic E-state index is 13.0. The van der Waals surface area contributed by atoms with Crippen LogP contribution in [0.2, 0.25) is 0 Å². The normalized spacial score (nSPS) is 21.3. The number of nitrogens with zero attached hydrogens (tertiary/aromatic N) is 5. The van der Waals surface area contributed by atoms with Gasteiger partial charge in [0.2, 0.25) is 0 Å². The molecule has 3 aromatic rings. The van der Waals surface area contributed by atoms with E-state index >= 15 is 0 Å². The van der Waals surface area contributed by atoms with Crippen LogP contribution in [0.25, 0.3) is 0 Å². The first-order chi connectivity index (χ1) is 18.7. The summed E-state index contributed by atoms with van der Waals surface area (Å²) in [4.78, 5) is 20.9. The average molecular weight is 543 g/mol. The van der Waals surface area contributed by atoms with Crippen LogP contribution in [0.4, 0.5) is 13.2 Å². The first kappa shape index (κ1) is 27.3. The Balaban J connectivity index is 1.07. The molecule has 1 amide bonds. The lowest BCUT2D eigenvalue weighted by Crippen LogP contribution is -2.48. The third-order valence-electron chi connectivity index (χ3n) is 7.43. The van der Waals surface area contributed by atoms with Crippen molar-refractivity contribution in [3.8, 4) is 0 Å². The highest BCUT2D eigenvalue weighted by molar-refractivity contribution is 5.94. The Morgan fingerprint density at radius 1 is 1.03 bits per heavy atom. The van der Waals surface area contributed by atoms with Crippen LogP contribution in [0.15, 0.2) is 60.9 Å². The Hall–Kier alpha value is -3.28. The highest BCUT2D eigenvalue weighted by atomic mass is 19.4. The van der Waals surface area contributed by atoms with E-state index in [4.69, 9.17) is 0 Å². The van der Waals surface area contributed by atoms with E-state index in [0.29, 0.717) is 44.1 Å². The van der Waals surface area contributed by atoms with Crippen molar-refractivity contribution >= 4 is 5.91 Å². The number of piperazine rings is 1. The molecule has 0 bridgehead atoms. The molecule has 39 heavy (non-hydrogen) atoms. The topological polar surface area (TPSA) is 86.5 Å². The van der Waals surface area contributed by atoms with Crippen LogP contribution in [0.3, 0.4) is 0 Å². The van der Waals surface area contributed by atoms with Crippen molar-refractivity contribution in [3.05, 3.63) is 83.4 Å². The summed E-state index contributed by atoms with van der Waals surface area (Å²) in [5.74, 6) is 0.311. The largest absolute Gasteiger partial charge is 0.408 e. The van der Waals surface area contributed by atoms with Gasteiger partial charge in [-0.2, -0.15) is 18.3 Å². The summed E-state index contributed by atoms with van der Waals surface area (Å²) in [6, 6.07) is 17.7. The number of carbonyl (C=O) groups is 1. The van der Waals surface area contributed by atoms with Crippen molar-refractivity contribution in [1.82, 2.24) is 29.9 Å². The summed E-state index contributed by atoms with van der Waals surface area (Å²) < 4.78 is 38.4. The van der Waals surface area contributed by atoms with Crippen LogP contribution < -0.4 is 5.32 Å². The van der Waals surface area contributed by atoms with Gasteiger partial charge in [-0.1, -0.05) is 42.5 Å². The predicted molar refractivity (Wildman–Crippen MR) is 139 cm³/mol. The zero-order chi connectivity index (χ0) is 27.4. The number of aromatic nitrogens is 3. The number of rotatable bonds is 8. The standard InChI is InChI=1S/C28H33F3N6O2/c29-28(30,31)18-37-19-32-25(34-37)17-35-12-14-36(15-13-35)27(39)22-8-6-20(7-9-22)16-23-10-11-24(33-23)26(38)21-4-2-1-3-5-21/h1-9,19,23-24,26,33,38H,10-18H2. The van der Waals surface area contributed by atoms with Crippen LogP contribution in [-0.2, 0) is 19.5 Å². The van der Waals surface area contributed by atoms with Gasteiger partial charge in [0, 0.05) is 43.8 Å². The number of halogens is 3. The van der Waals surface area contributed by atoms with Gasteiger partial charge >= 0.3 is 6.18 Å². The van der Waals surface area contributed by atoms with Crippen LogP contribution >= 0.6 is 0 Å². The van der Waals surface area contributed by atoms with E-state index in [1.165, 1.54) is 0 Å². The Kier molecular flexibility index (Phi) is 8.29. The first-order valence-electron chi connectivity index (χ1n) is 13.3. The number of aliphatic hydroxyl groups excluding tert-OH is 1. The molecule has 3 heterocycles. The molecular weight excluding hydrogens is 509 g/mol. The van der Waals surface area contributed by atoms with E-state index in [0.717, 1.165) is 41.4 Å². The first-order valence-corrected chi connectivity index (χ1v) is 13.3. The maximum Gasteiger partial charge on any atom is 0.408 e. The Morgan fingerprint density at radius 2 is 1.74 bits per heavy atom. The zero-order valence-corrected chi connectivity index (χ0v) is 21.6. The minimum atomic E-state index is -4.34. The molecule has 2 saturated heterocycles. The number of hydrogen-bond acceptors (Lipinski definition) is 6. The summed E-state index contributed by atoms with van der Waals surface area (Å²) in [6.07, 6.45) is -1.04. The smallest absolute Gasteiger partial charge is 0.387 e. The molecule has 8 nitrogen and oxygen atoms in total. The summed E-state index contributed by atoms with van der Waals surface area (Å²) in [5.41, 5.74) is 2.70. The lowest BCUT2D eigenvalue weighted by molar-refractivity contribution is -0.142. The number of amides is 1. The van der Waals surface area contributed by atoms with Crippen molar-refractivity contribution in [2.45, 2.75) is 56.7 Å². The van der Waals surface area contributed by atoms with Gasteiger partial charge in [-0.3, -0.25) is 9.69 Å². The molecule has 11 heteroatoms. The zero-order valence-electron chi connectivity index (χ0n) is 21.6. The summed E-state index contributed by atoms with van der Waals surface area (Å²) >= 11 is 0. The number of nitrogens with one attached hydrogen (secondary N) is 1. The monoisotopic (exact) mass is 542 g/mol. The molecule has 2 aromatic carbocycles. The lowest BCUT2D eigenvalue weighted by Gasteiger charge is -2.34. The quantitative estimate of drug-likeness (QED) is 0.455. The molecule has 1 aromatic heterocycles. The molecule has 3 unspecified atom stereocenters. The molecule has 3 atom stereocenters. The second-order valence-electron chi connectivity index (χ2n) is 10.3. The van der Waals surface area contributed by atoms with Crippen molar-refractivity contribution in [2.24, 2.45) is 0 Å². The third kappa shape index (κ3) is 7.23. The van der Waals surface area contributed by atoms with Crippen molar-refractivity contribution < 1.29 is 23.1 Å². The molecule has 0 aliphatic carbocycles. The minimum absolute atomic E-state index is 0.0289. The summed E-state index contributed by atoms with van der Waals surface area (Å²) in [7, 11) is 0. The van der Waals surface area contributed by atoms with Crippen molar-refractivity contribution in [2.75, 3.05) is 26.2 Å². The lowest BCUT2D eigenvalue weighted by atomic mass is 10.0. The maximum absolute atomic E-state index is 13.0. The highest BCUT2D eigenvalue weighted by Gasteiger charge is 2.31. The Bertz CT molecular complexity index is 1230. The van der Waals surface area contributed by atoms with Crippen LogP contribution in [0.1, 0.15) is 46.3 Å². The van der Waals surface area contributed by atoms with Gasteiger partial charge in [0.1, 0.15) is 12.9 Å². The average Bonchev–Trinajstić information content (AvgIpc) is 3.57. The van der Waals surface area contributed by atoms with Crippen LogP contribution in [-0.4, -0.2) is 80.0 Å². The molecular formula is C28H33F3N6O2. The van der Waals surface area contributed by atoms with Gasteiger partial charge in [0.25, 0.3) is 5.91 Å². The van der Waals surface area contributed by atoms with E-state index < -0.39 is 18.8 Å². The molecule has 2 aliphatic heterocycles. The number of hydrogen-bond donors (Lipinski definition) is 2. The molecule has 2 fully saturated rings. The van der Waals surface area contributed by atoms with Crippen LogP contribution in [0.5, 0.6) is 0 Å². The van der Waals surface area contributed by atoms with E-state index in [2.05, 4.69) is 15.4 Å².